The zero-order chi connectivity index (χ0) is 13.2. The molecule has 1 aliphatic carbocycles. The third kappa shape index (κ3) is 2.56. The van der Waals surface area contributed by atoms with E-state index in [-0.39, 0.29) is 6.04 Å². The first kappa shape index (κ1) is 13.1. The van der Waals surface area contributed by atoms with E-state index in [9.17, 15) is 9.90 Å². The van der Waals surface area contributed by atoms with E-state index >= 15 is 0 Å². The predicted molar refractivity (Wildman–Crippen MR) is 71.7 cm³/mol. The number of benzene rings is 1. The van der Waals surface area contributed by atoms with Crippen LogP contribution in [0.1, 0.15) is 37.8 Å². The van der Waals surface area contributed by atoms with Gasteiger partial charge in [0.1, 0.15) is 5.54 Å². The highest BCUT2D eigenvalue weighted by atomic mass is 16.4. The molecule has 0 fully saturated rings. The highest BCUT2D eigenvalue weighted by Crippen LogP contribution is 2.24. The van der Waals surface area contributed by atoms with Crippen LogP contribution in [0.5, 0.6) is 0 Å². The molecule has 0 radical (unpaired) electrons. The molecule has 1 atom stereocenters. The second-order valence-corrected chi connectivity index (χ2v) is 5.41. The Morgan fingerprint density at radius 3 is 2.39 bits per heavy atom. The Labute approximate surface area is 108 Å². The Kier molecular flexibility index (Phi) is 3.71. The molecule has 0 aliphatic heterocycles. The van der Waals surface area contributed by atoms with E-state index < -0.39 is 11.5 Å². The molecule has 2 N–H and O–H groups in total. The Morgan fingerprint density at radius 2 is 1.94 bits per heavy atom. The molecule has 0 aromatic heterocycles. The molecule has 0 saturated carbocycles. The number of carbonyl (C=O) groups is 1. The summed E-state index contributed by atoms with van der Waals surface area (Å²) in [4.78, 5) is 11.4. The Hall–Kier alpha value is -1.35. The van der Waals surface area contributed by atoms with E-state index in [0.29, 0.717) is 6.42 Å². The summed E-state index contributed by atoms with van der Waals surface area (Å²) >= 11 is 0. The highest BCUT2D eigenvalue weighted by molar-refractivity contribution is 5.78. The molecule has 1 aliphatic rings. The maximum Gasteiger partial charge on any atom is 0.323 e. The lowest BCUT2D eigenvalue weighted by molar-refractivity contribution is -0.144. The fourth-order valence-electron chi connectivity index (χ4n) is 2.85. The number of nitrogens with one attached hydrogen (secondary N) is 1. The molecule has 0 heterocycles. The van der Waals surface area contributed by atoms with Gasteiger partial charge in [-0.3, -0.25) is 10.1 Å². The van der Waals surface area contributed by atoms with Crippen LogP contribution in [0.2, 0.25) is 0 Å². The summed E-state index contributed by atoms with van der Waals surface area (Å²) in [6.45, 7) is 3.81. The zero-order valence-electron chi connectivity index (χ0n) is 11.1. The van der Waals surface area contributed by atoms with Gasteiger partial charge in [0.05, 0.1) is 0 Å². The highest BCUT2D eigenvalue weighted by Gasteiger charge is 2.35. The Balaban J connectivity index is 2.06. The third-order valence-electron chi connectivity index (χ3n) is 3.80. The van der Waals surface area contributed by atoms with Crippen molar-refractivity contribution in [3.05, 3.63) is 35.4 Å². The summed E-state index contributed by atoms with van der Waals surface area (Å²) in [5, 5.41) is 12.7. The molecule has 0 spiro atoms. The molecule has 2 rings (SSSR count). The van der Waals surface area contributed by atoms with Crippen LogP contribution >= 0.6 is 0 Å². The summed E-state index contributed by atoms with van der Waals surface area (Å²) in [5.41, 5.74) is 1.89. The number of rotatable bonds is 5. The summed E-state index contributed by atoms with van der Waals surface area (Å²) in [6.07, 6.45) is 3.40. The molecule has 1 unspecified atom stereocenters. The molecule has 0 bridgehead atoms. The van der Waals surface area contributed by atoms with E-state index in [1.165, 1.54) is 11.1 Å². The van der Waals surface area contributed by atoms with Gasteiger partial charge in [-0.15, -0.1) is 0 Å². The van der Waals surface area contributed by atoms with Gasteiger partial charge >= 0.3 is 5.97 Å². The van der Waals surface area contributed by atoms with Crippen molar-refractivity contribution in [3.63, 3.8) is 0 Å². The summed E-state index contributed by atoms with van der Waals surface area (Å²) in [6, 6.07) is 8.60. The molecule has 98 valence electrons. The number of hydrogen-bond donors (Lipinski definition) is 2. The van der Waals surface area contributed by atoms with Gasteiger partial charge < -0.3 is 5.11 Å². The fourth-order valence-corrected chi connectivity index (χ4v) is 2.85. The van der Waals surface area contributed by atoms with Gasteiger partial charge in [0.2, 0.25) is 0 Å². The first-order chi connectivity index (χ1) is 8.55. The minimum absolute atomic E-state index is 0.245. The van der Waals surface area contributed by atoms with Gasteiger partial charge in [-0.05, 0) is 37.3 Å². The smallest absolute Gasteiger partial charge is 0.323 e. The molecular weight excluding hydrogens is 226 g/mol. The standard InChI is InChI=1S/C15H21NO2/c1-3-8-15(2,14(17)18)16-13-9-11-6-4-5-7-12(11)10-13/h4-7,13,16H,3,8-10H2,1-2H3,(H,17,18). The van der Waals surface area contributed by atoms with Crippen LogP contribution in [0.25, 0.3) is 0 Å². The van der Waals surface area contributed by atoms with E-state index in [1.54, 1.807) is 6.92 Å². The quantitative estimate of drug-likeness (QED) is 0.840. The minimum Gasteiger partial charge on any atom is -0.480 e. The fraction of sp³-hybridized carbons (Fsp3) is 0.533. The van der Waals surface area contributed by atoms with Crippen LogP contribution < -0.4 is 5.32 Å². The Bertz CT molecular complexity index is 419. The second kappa shape index (κ2) is 5.11. The van der Waals surface area contributed by atoms with E-state index in [2.05, 4.69) is 17.4 Å². The van der Waals surface area contributed by atoms with Crippen molar-refractivity contribution >= 4 is 5.97 Å². The van der Waals surface area contributed by atoms with Gasteiger partial charge in [-0.1, -0.05) is 37.6 Å². The van der Waals surface area contributed by atoms with Crippen molar-refractivity contribution in [1.82, 2.24) is 5.32 Å². The van der Waals surface area contributed by atoms with Crippen LogP contribution in [0.4, 0.5) is 0 Å². The molecule has 3 nitrogen and oxygen atoms in total. The maximum atomic E-state index is 11.4. The minimum atomic E-state index is -0.804. The average Bonchev–Trinajstić information content (AvgIpc) is 2.70. The molecule has 18 heavy (non-hydrogen) atoms. The largest absolute Gasteiger partial charge is 0.480 e. The lowest BCUT2D eigenvalue weighted by Crippen LogP contribution is -2.54. The van der Waals surface area contributed by atoms with Gasteiger partial charge in [0.25, 0.3) is 0 Å². The van der Waals surface area contributed by atoms with Crippen molar-refractivity contribution in [2.75, 3.05) is 0 Å². The predicted octanol–water partition coefficient (Wildman–Crippen LogP) is 2.39. The lowest BCUT2D eigenvalue weighted by atomic mass is 9.94. The number of fused-ring (bicyclic) bond motifs is 1. The first-order valence-electron chi connectivity index (χ1n) is 6.63. The number of carboxylic acids is 1. The van der Waals surface area contributed by atoms with Gasteiger partial charge in [0, 0.05) is 6.04 Å². The molecule has 1 aromatic carbocycles. The maximum absolute atomic E-state index is 11.4. The van der Waals surface area contributed by atoms with Crippen molar-refractivity contribution < 1.29 is 9.90 Å². The van der Waals surface area contributed by atoms with E-state index in [4.69, 9.17) is 0 Å². The van der Waals surface area contributed by atoms with Gasteiger partial charge in [-0.2, -0.15) is 0 Å². The van der Waals surface area contributed by atoms with E-state index in [0.717, 1.165) is 19.3 Å². The number of aliphatic carboxylic acids is 1. The van der Waals surface area contributed by atoms with Gasteiger partial charge in [0.15, 0.2) is 0 Å². The molecular formula is C15H21NO2. The molecule has 0 saturated heterocycles. The van der Waals surface area contributed by atoms with Crippen LogP contribution in [-0.2, 0) is 17.6 Å². The average molecular weight is 247 g/mol. The van der Waals surface area contributed by atoms with Crippen molar-refractivity contribution in [2.24, 2.45) is 0 Å². The summed E-state index contributed by atoms with van der Waals surface area (Å²) in [7, 11) is 0. The van der Waals surface area contributed by atoms with Crippen LogP contribution in [0, 0.1) is 0 Å². The van der Waals surface area contributed by atoms with Crippen LogP contribution in [0.15, 0.2) is 24.3 Å². The van der Waals surface area contributed by atoms with Crippen molar-refractivity contribution in [2.45, 2.75) is 51.1 Å². The van der Waals surface area contributed by atoms with Crippen LogP contribution in [0.3, 0.4) is 0 Å². The number of carboxylic acid groups (broad SMARTS) is 1. The zero-order valence-corrected chi connectivity index (χ0v) is 11.1. The third-order valence-corrected chi connectivity index (χ3v) is 3.80. The second-order valence-electron chi connectivity index (χ2n) is 5.41. The summed E-state index contributed by atoms with van der Waals surface area (Å²) in [5.74, 6) is -0.750. The van der Waals surface area contributed by atoms with E-state index in [1.807, 2.05) is 19.1 Å². The van der Waals surface area contributed by atoms with Crippen molar-refractivity contribution in [3.8, 4) is 0 Å². The summed E-state index contributed by atoms with van der Waals surface area (Å²) < 4.78 is 0. The first-order valence-corrected chi connectivity index (χ1v) is 6.63. The lowest BCUT2D eigenvalue weighted by Gasteiger charge is -2.29. The molecule has 0 amide bonds. The Morgan fingerprint density at radius 1 is 1.39 bits per heavy atom. The SMILES string of the molecule is CCCC(C)(NC1Cc2ccccc2C1)C(=O)O. The molecule has 1 aromatic rings. The van der Waals surface area contributed by atoms with Crippen LogP contribution in [-0.4, -0.2) is 22.7 Å². The monoisotopic (exact) mass is 247 g/mol. The topological polar surface area (TPSA) is 49.3 Å². The number of hydrogen-bond acceptors (Lipinski definition) is 2. The molecule has 3 heteroatoms. The normalized spacial score (nSPS) is 18.3. The van der Waals surface area contributed by atoms with Crippen molar-refractivity contribution in [1.29, 1.82) is 0 Å². The van der Waals surface area contributed by atoms with Gasteiger partial charge in [-0.25, -0.2) is 0 Å².